The molecule has 15 heavy (non-hydrogen) atoms. The highest BCUT2D eigenvalue weighted by Crippen LogP contribution is 2.30. The lowest BCUT2D eigenvalue weighted by atomic mass is 10.2. The maximum Gasteiger partial charge on any atom is 0.187 e. The molecule has 1 unspecified atom stereocenters. The molecule has 0 amide bonds. The van der Waals surface area contributed by atoms with Crippen molar-refractivity contribution < 1.29 is 5.11 Å². The molecule has 0 fully saturated rings. The molecular weight excluding hydrogens is 232 g/mol. The van der Waals surface area contributed by atoms with Gasteiger partial charge in [0, 0.05) is 12.6 Å². The number of aliphatic hydroxyl groups excluding tert-OH is 1. The predicted octanol–water partition coefficient (Wildman–Crippen LogP) is 2.91. The molecule has 0 saturated carbocycles. The SMILES string of the molecule is CCC(C)N(CC)c1nc(Cl)c(CO)s1. The molecule has 0 aliphatic rings. The first-order valence-corrected chi connectivity index (χ1v) is 6.36. The molecule has 0 saturated heterocycles. The maximum atomic E-state index is 9.05. The summed E-state index contributed by atoms with van der Waals surface area (Å²) >= 11 is 7.38. The van der Waals surface area contributed by atoms with Crippen molar-refractivity contribution in [2.75, 3.05) is 11.4 Å². The third-order valence-corrected chi connectivity index (χ3v) is 3.99. The molecule has 3 nitrogen and oxygen atoms in total. The Morgan fingerprint density at radius 3 is 2.60 bits per heavy atom. The standard InChI is InChI=1S/C10H17ClN2OS/c1-4-7(3)13(5-2)10-12-9(11)8(6-14)15-10/h7,14H,4-6H2,1-3H3. The van der Waals surface area contributed by atoms with Crippen LogP contribution < -0.4 is 4.90 Å². The van der Waals surface area contributed by atoms with Crippen molar-refractivity contribution in [1.29, 1.82) is 0 Å². The fourth-order valence-corrected chi connectivity index (χ4v) is 2.68. The highest BCUT2D eigenvalue weighted by Gasteiger charge is 2.17. The van der Waals surface area contributed by atoms with Crippen molar-refractivity contribution in [2.45, 2.75) is 39.8 Å². The van der Waals surface area contributed by atoms with Gasteiger partial charge in [-0.05, 0) is 20.3 Å². The van der Waals surface area contributed by atoms with Crippen molar-refractivity contribution in [3.63, 3.8) is 0 Å². The molecule has 0 spiro atoms. The normalized spacial score (nSPS) is 12.9. The van der Waals surface area contributed by atoms with E-state index in [1.807, 2.05) is 0 Å². The second kappa shape index (κ2) is 5.68. The lowest BCUT2D eigenvalue weighted by Crippen LogP contribution is -2.32. The van der Waals surface area contributed by atoms with Crippen molar-refractivity contribution >= 4 is 28.1 Å². The summed E-state index contributed by atoms with van der Waals surface area (Å²) in [6.45, 7) is 7.28. The van der Waals surface area contributed by atoms with E-state index in [2.05, 4.69) is 30.7 Å². The van der Waals surface area contributed by atoms with Gasteiger partial charge < -0.3 is 10.0 Å². The molecule has 1 aromatic rings. The first kappa shape index (κ1) is 12.7. The average molecular weight is 249 g/mol. The van der Waals surface area contributed by atoms with E-state index >= 15 is 0 Å². The summed E-state index contributed by atoms with van der Waals surface area (Å²) in [7, 11) is 0. The van der Waals surface area contributed by atoms with Gasteiger partial charge in [0.2, 0.25) is 0 Å². The summed E-state index contributed by atoms with van der Waals surface area (Å²) in [5, 5.41) is 10.4. The van der Waals surface area contributed by atoms with Gasteiger partial charge in [-0.3, -0.25) is 0 Å². The van der Waals surface area contributed by atoms with Crippen LogP contribution >= 0.6 is 22.9 Å². The Hall–Kier alpha value is -0.320. The topological polar surface area (TPSA) is 36.4 Å². The number of thiazole rings is 1. The monoisotopic (exact) mass is 248 g/mol. The Kier molecular flexibility index (Phi) is 4.83. The zero-order valence-electron chi connectivity index (χ0n) is 9.33. The van der Waals surface area contributed by atoms with Gasteiger partial charge in [0.25, 0.3) is 0 Å². The van der Waals surface area contributed by atoms with Crippen LogP contribution in [0.25, 0.3) is 0 Å². The van der Waals surface area contributed by atoms with Crippen LogP contribution in [0, 0.1) is 0 Å². The van der Waals surface area contributed by atoms with Gasteiger partial charge in [-0.1, -0.05) is 29.9 Å². The maximum absolute atomic E-state index is 9.05. The molecule has 1 rings (SSSR count). The van der Waals surface area contributed by atoms with Crippen LogP contribution in [0.2, 0.25) is 5.15 Å². The molecule has 0 aliphatic carbocycles. The number of hydrogen-bond acceptors (Lipinski definition) is 4. The van der Waals surface area contributed by atoms with Gasteiger partial charge in [0.1, 0.15) is 5.15 Å². The first-order chi connectivity index (χ1) is 7.13. The minimum Gasteiger partial charge on any atom is -0.391 e. The average Bonchev–Trinajstić information content (AvgIpc) is 2.60. The number of hydrogen-bond donors (Lipinski definition) is 1. The van der Waals surface area contributed by atoms with E-state index in [9.17, 15) is 0 Å². The van der Waals surface area contributed by atoms with Gasteiger partial charge in [-0.2, -0.15) is 0 Å². The summed E-state index contributed by atoms with van der Waals surface area (Å²) < 4.78 is 0. The number of halogens is 1. The Labute approximate surface area is 99.7 Å². The molecule has 1 heterocycles. The van der Waals surface area contributed by atoms with Crippen molar-refractivity contribution in [2.24, 2.45) is 0 Å². The lowest BCUT2D eigenvalue weighted by Gasteiger charge is -2.26. The van der Waals surface area contributed by atoms with Crippen LogP contribution in [0.5, 0.6) is 0 Å². The number of rotatable bonds is 5. The van der Waals surface area contributed by atoms with Crippen LogP contribution in [0.15, 0.2) is 0 Å². The third-order valence-electron chi connectivity index (χ3n) is 2.49. The molecule has 0 bridgehead atoms. The second-order valence-electron chi connectivity index (χ2n) is 3.41. The Morgan fingerprint density at radius 2 is 2.20 bits per heavy atom. The van der Waals surface area contributed by atoms with E-state index in [0.29, 0.717) is 11.2 Å². The first-order valence-electron chi connectivity index (χ1n) is 5.16. The number of nitrogens with zero attached hydrogens (tertiary/aromatic N) is 2. The Bertz CT molecular complexity index is 316. The number of aromatic nitrogens is 1. The molecule has 0 aromatic carbocycles. The van der Waals surface area contributed by atoms with Gasteiger partial charge in [-0.15, -0.1) is 0 Å². The Morgan fingerprint density at radius 1 is 1.53 bits per heavy atom. The number of aliphatic hydroxyl groups is 1. The van der Waals surface area contributed by atoms with E-state index < -0.39 is 0 Å². The molecule has 5 heteroatoms. The number of anilines is 1. The quantitative estimate of drug-likeness (QED) is 0.871. The molecular formula is C10H17ClN2OS. The van der Waals surface area contributed by atoms with Crippen LogP contribution in [0.4, 0.5) is 5.13 Å². The summed E-state index contributed by atoms with van der Waals surface area (Å²) in [5.74, 6) is 0. The molecule has 86 valence electrons. The van der Waals surface area contributed by atoms with E-state index in [4.69, 9.17) is 16.7 Å². The summed E-state index contributed by atoms with van der Waals surface area (Å²) in [4.78, 5) is 7.22. The van der Waals surface area contributed by atoms with E-state index in [-0.39, 0.29) is 6.61 Å². The summed E-state index contributed by atoms with van der Waals surface area (Å²) in [6.07, 6.45) is 1.07. The molecule has 0 radical (unpaired) electrons. The fourth-order valence-electron chi connectivity index (χ4n) is 1.40. The predicted molar refractivity (Wildman–Crippen MR) is 65.8 cm³/mol. The highest BCUT2D eigenvalue weighted by molar-refractivity contribution is 7.16. The van der Waals surface area contributed by atoms with E-state index in [1.165, 1.54) is 11.3 Å². The zero-order chi connectivity index (χ0) is 11.4. The van der Waals surface area contributed by atoms with Gasteiger partial charge in [0.05, 0.1) is 11.5 Å². The van der Waals surface area contributed by atoms with Crippen molar-refractivity contribution in [1.82, 2.24) is 4.98 Å². The largest absolute Gasteiger partial charge is 0.391 e. The fraction of sp³-hybridized carbons (Fsp3) is 0.700. The van der Waals surface area contributed by atoms with Gasteiger partial charge >= 0.3 is 0 Å². The van der Waals surface area contributed by atoms with E-state index in [1.54, 1.807) is 0 Å². The van der Waals surface area contributed by atoms with Crippen LogP contribution in [-0.4, -0.2) is 22.7 Å². The molecule has 0 aliphatic heterocycles. The van der Waals surface area contributed by atoms with Crippen LogP contribution in [0.3, 0.4) is 0 Å². The van der Waals surface area contributed by atoms with E-state index in [0.717, 1.165) is 23.0 Å². The molecule has 1 atom stereocenters. The molecule has 1 aromatic heterocycles. The van der Waals surface area contributed by atoms with Gasteiger partial charge in [-0.25, -0.2) is 4.98 Å². The zero-order valence-corrected chi connectivity index (χ0v) is 10.9. The van der Waals surface area contributed by atoms with Crippen molar-refractivity contribution in [3.05, 3.63) is 10.0 Å². The van der Waals surface area contributed by atoms with Gasteiger partial charge in [0.15, 0.2) is 5.13 Å². The third kappa shape index (κ3) is 2.83. The summed E-state index contributed by atoms with van der Waals surface area (Å²) in [6, 6.07) is 0.448. The highest BCUT2D eigenvalue weighted by atomic mass is 35.5. The smallest absolute Gasteiger partial charge is 0.187 e. The van der Waals surface area contributed by atoms with Crippen molar-refractivity contribution in [3.8, 4) is 0 Å². The minimum atomic E-state index is -0.0332. The summed E-state index contributed by atoms with van der Waals surface area (Å²) in [5.41, 5.74) is 0. The second-order valence-corrected chi connectivity index (χ2v) is 4.83. The van der Waals surface area contributed by atoms with Crippen LogP contribution in [0.1, 0.15) is 32.1 Å². The minimum absolute atomic E-state index is 0.0332. The Balaban J connectivity index is 2.92. The lowest BCUT2D eigenvalue weighted by molar-refractivity contribution is 0.285. The van der Waals surface area contributed by atoms with Crippen LogP contribution in [-0.2, 0) is 6.61 Å². The molecule has 1 N–H and O–H groups in total.